The zero-order valence-corrected chi connectivity index (χ0v) is 16.2. The molecule has 3 aromatic rings. The maximum absolute atomic E-state index is 2.29. The molecule has 0 saturated carbocycles. The van der Waals surface area contributed by atoms with Crippen LogP contribution in [-0.2, 0) is 17.3 Å². The van der Waals surface area contributed by atoms with Gasteiger partial charge in [-0.1, -0.05) is 66.7 Å². The Bertz CT molecular complexity index is 859. The van der Waals surface area contributed by atoms with Crippen molar-refractivity contribution in [3.8, 4) is 0 Å². The Morgan fingerprint density at radius 3 is 1.81 bits per heavy atom. The second kappa shape index (κ2) is 9.26. The first-order valence-electron chi connectivity index (χ1n) is 9.03. The molecule has 0 radical (unpaired) electrons. The number of hydrogen-bond acceptors (Lipinski definition) is 0. The van der Waals surface area contributed by atoms with Gasteiger partial charge in [0.25, 0.3) is 0 Å². The predicted octanol–water partition coefficient (Wildman–Crippen LogP) is 6.79. The summed E-state index contributed by atoms with van der Waals surface area (Å²) < 4.78 is 0. The summed E-state index contributed by atoms with van der Waals surface area (Å²) in [5, 5.41) is 0. The molecular formula is C25H25S+. The highest BCUT2D eigenvalue weighted by Gasteiger charge is 2.28. The first-order chi connectivity index (χ1) is 12.8. The van der Waals surface area contributed by atoms with E-state index in [1.807, 2.05) is 0 Å². The van der Waals surface area contributed by atoms with E-state index in [4.69, 9.17) is 0 Å². The van der Waals surface area contributed by atoms with Gasteiger partial charge in [-0.3, -0.25) is 0 Å². The van der Waals surface area contributed by atoms with Gasteiger partial charge < -0.3 is 0 Å². The lowest BCUT2D eigenvalue weighted by molar-refractivity contribution is 1.18. The van der Waals surface area contributed by atoms with Crippen molar-refractivity contribution in [3.05, 3.63) is 119 Å². The lowest BCUT2D eigenvalue weighted by atomic mass is 10.1. The van der Waals surface area contributed by atoms with Crippen LogP contribution in [0.25, 0.3) is 0 Å². The molecule has 0 aliphatic rings. The molecule has 0 nitrogen and oxygen atoms in total. The van der Waals surface area contributed by atoms with Gasteiger partial charge in [0.1, 0.15) is 0 Å². The molecule has 0 fully saturated rings. The fourth-order valence-corrected chi connectivity index (χ4v) is 5.15. The highest BCUT2D eigenvalue weighted by Crippen LogP contribution is 2.31. The van der Waals surface area contributed by atoms with Crippen molar-refractivity contribution in [1.29, 1.82) is 0 Å². The summed E-state index contributed by atoms with van der Waals surface area (Å²) in [7, 11) is -0.0694. The van der Waals surface area contributed by atoms with Crippen molar-refractivity contribution in [1.82, 2.24) is 0 Å². The van der Waals surface area contributed by atoms with Crippen LogP contribution in [0.2, 0.25) is 0 Å². The van der Waals surface area contributed by atoms with Gasteiger partial charge in [-0.2, -0.15) is 0 Å². The molecule has 3 aromatic carbocycles. The molecule has 1 heteroatoms. The summed E-state index contributed by atoms with van der Waals surface area (Å²) in [4.78, 5) is 4.07. The van der Waals surface area contributed by atoms with E-state index in [2.05, 4.69) is 117 Å². The third kappa shape index (κ3) is 4.56. The third-order valence-electron chi connectivity index (χ3n) is 4.24. The molecule has 0 aromatic heterocycles. The Hall–Kier alpha value is -2.51. The SMILES string of the molecule is C/C=C\C(=C/C)[S+](c1ccccc1)c1ccc(Cc2ccccc2)cc1. The second-order valence-electron chi connectivity index (χ2n) is 6.12. The van der Waals surface area contributed by atoms with Crippen LogP contribution in [-0.4, -0.2) is 0 Å². The van der Waals surface area contributed by atoms with E-state index in [1.165, 1.54) is 25.8 Å². The van der Waals surface area contributed by atoms with Crippen molar-refractivity contribution in [2.24, 2.45) is 0 Å². The van der Waals surface area contributed by atoms with Gasteiger partial charge >= 0.3 is 0 Å². The quantitative estimate of drug-likeness (QED) is 0.336. The summed E-state index contributed by atoms with van der Waals surface area (Å²) in [5.74, 6) is 0. The molecule has 0 amide bonds. The molecule has 0 saturated heterocycles. The van der Waals surface area contributed by atoms with Crippen LogP contribution in [0.5, 0.6) is 0 Å². The van der Waals surface area contributed by atoms with Gasteiger partial charge in [0.05, 0.1) is 10.9 Å². The van der Waals surface area contributed by atoms with E-state index in [0.717, 1.165) is 6.42 Å². The van der Waals surface area contributed by atoms with Gasteiger partial charge in [0, 0.05) is 0 Å². The third-order valence-corrected chi connectivity index (χ3v) is 6.57. The Labute approximate surface area is 160 Å². The molecule has 3 rings (SSSR count). The first kappa shape index (κ1) is 18.3. The monoisotopic (exact) mass is 357 g/mol. The van der Waals surface area contributed by atoms with E-state index >= 15 is 0 Å². The summed E-state index contributed by atoms with van der Waals surface area (Å²) >= 11 is 0. The lowest BCUT2D eigenvalue weighted by Crippen LogP contribution is -2.06. The highest BCUT2D eigenvalue weighted by molar-refractivity contribution is 8.00. The Morgan fingerprint density at radius 2 is 1.23 bits per heavy atom. The Morgan fingerprint density at radius 1 is 0.692 bits per heavy atom. The first-order valence-corrected chi connectivity index (χ1v) is 10.3. The predicted molar refractivity (Wildman–Crippen MR) is 115 cm³/mol. The minimum absolute atomic E-state index is 0.0694. The molecule has 0 N–H and O–H groups in total. The average Bonchev–Trinajstić information content (AvgIpc) is 2.70. The van der Waals surface area contributed by atoms with Gasteiger partial charge in [0.2, 0.25) is 0 Å². The zero-order valence-electron chi connectivity index (χ0n) is 15.4. The maximum atomic E-state index is 2.29. The van der Waals surface area contributed by atoms with E-state index in [9.17, 15) is 0 Å². The Balaban J connectivity index is 1.92. The summed E-state index contributed by atoms with van der Waals surface area (Å²) in [6.45, 7) is 4.21. The smallest absolute Gasteiger partial charge is 0.0827 e. The molecule has 0 aliphatic carbocycles. The van der Waals surface area contributed by atoms with Crippen molar-refractivity contribution >= 4 is 10.9 Å². The fraction of sp³-hybridized carbons (Fsp3) is 0.120. The lowest BCUT2D eigenvalue weighted by Gasteiger charge is -2.09. The minimum atomic E-state index is -0.0694. The topological polar surface area (TPSA) is 0 Å². The van der Waals surface area contributed by atoms with Crippen molar-refractivity contribution in [3.63, 3.8) is 0 Å². The summed E-state index contributed by atoms with van der Waals surface area (Å²) in [6, 6.07) is 30.6. The standard InChI is InChI=1S/C25H25S/c1-3-11-23(4-2)26(24-14-9-6-10-15-24)25-18-16-22(17-19-25)20-21-12-7-5-8-13-21/h3-19H,20H2,1-2H3/q+1/b11-3-,23-4+. The maximum Gasteiger partial charge on any atom is 0.166 e. The molecular weight excluding hydrogens is 332 g/mol. The van der Waals surface area contributed by atoms with E-state index in [-0.39, 0.29) is 10.9 Å². The molecule has 0 heterocycles. The number of rotatable bonds is 6. The highest BCUT2D eigenvalue weighted by atomic mass is 32.2. The van der Waals surface area contributed by atoms with Gasteiger partial charge in [-0.15, -0.1) is 0 Å². The van der Waals surface area contributed by atoms with E-state index in [1.54, 1.807) is 0 Å². The molecule has 1 atom stereocenters. The molecule has 130 valence electrons. The minimum Gasteiger partial charge on any atom is -0.0827 e. The van der Waals surface area contributed by atoms with Crippen LogP contribution in [0, 0.1) is 0 Å². The van der Waals surface area contributed by atoms with Crippen LogP contribution in [0.4, 0.5) is 0 Å². The molecule has 0 bridgehead atoms. The largest absolute Gasteiger partial charge is 0.166 e. The number of hydrogen-bond donors (Lipinski definition) is 0. The van der Waals surface area contributed by atoms with Gasteiger partial charge in [0.15, 0.2) is 14.7 Å². The van der Waals surface area contributed by atoms with Crippen molar-refractivity contribution in [2.75, 3.05) is 0 Å². The summed E-state index contributed by atoms with van der Waals surface area (Å²) in [6.07, 6.45) is 7.57. The molecule has 0 aliphatic heterocycles. The normalized spacial score (nSPS) is 13.1. The average molecular weight is 358 g/mol. The van der Waals surface area contributed by atoms with Gasteiger partial charge in [-0.05, 0) is 67.8 Å². The Kier molecular flexibility index (Phi) is 6.51. The molecule has 1 unspecified atom stereocenters. The van der Waals surface area contributed by atoms with E-state index in [0.29, 0.717) is 0 Å². The van der Waals surface area contributed by atoms with Crippen LogP contribution in [0.15, 0.2) is 118 Å². The van der Waals surface area contributed by atoms with Crippen LogP contribution in [0.3, 0.4) is 0 Å². The van der Waals surface area contributed by atoms with Crippen LogP contribution < -0.4 is 0 Å². The number of allylic oxidation sites excluding steroid dienone is 3. The van der Waals surface area contributed by atoms with Crippen molar-refractivity contribution in [2.45, 2.75) is 30.1 Å². The molecule has 26 heavy (non-hydrogen) atoms. The zero-order chi connectivity index (χ0) is 18.2. The van der Waals surface area contributed by atoms with Crippen LogP contribution >= 0.6 is 0 Å². The van der Waals surface area contributed by atoms with Crippen molar-refractivity contribution < 1.29 is 0 Å². The van der Waals surface area contributed by atoms with Gasteiger partial charge in [-0.25, -0.2) is 0 Å². The van der Waals surface area contributed by atoms with E-state index < -0.39 is 0 Å². The van der Waals surface area contributed by atoms with Crippen LogP contribution in [0.1, 0.15) is 25.0 Å². The molecule has 0 spiro atoms. The summed E-state index contributed by atoms with van der Waals surface area (Å²) in [5.41, 5.74) is 2.70. The fourth-order valence-electron chi connectivity index (χ4n) is 2.99. The second-order valence-corrected chi connectivity index (χ2v) is 8.14. The number of benzene rings is 3.